The van der Waals surface area contributed by atoms with E-state index in [-0.39, 0.29) is 0 Å². The molecule has 0 amide bonds. The zero-order valence-corrected chi connectivity index (χ0v) is 7.44. The van der Waals surface area contributed by atoms with Gasteiger partial charge in [-0.2, -0.15) is 0 Å². The first kappa shape index (κ1) is 8.24. The maximum atomic E-state index is 10.7. The van der Waals surface area contributed by atoms with Gasteiger partial charge in [-0.05, 0) is 36.0 Å². The quantitative estimate of drug-likeness (QED) is 0.506. The molecule has 1 aliphatic rings. The van der Waals surface area contributed by atoms with Gasteiger partial charge in [0, 0.05) is 0 Å². The monoisotopic (exact) mass is 172 g/mol. The van der Waals surface area contributed by atoms with Gasteiger partial charge in [-0.15, -0.1) is 0 Å². The van der Waals surface area contributed by atoms with Gasteiger partial charge in [0.2, 0.25) is 0 Å². The summed E-state index contributed by atoms with van der Waals surface area (Å²) in [5.41, 5.74) is 2.07. The number of carbonyl (C=O) groups is 1. The highest BCUT2D eigenvalue weighted by atomic mass is 16.1. The lowest BCUT2D eigenvalue weighted by Gasteiger charge is -1.95. The summed E-state index contributed by atoms with van der Waals surface area (Å²) < 4.78 is 0. The molecular weight excluding hydrogens is 160 g/mol. The number of aldehydes is 1. The summed E-state index contributed by atoms with van der Waals surface area (Å²) in [6.45, 7) is 0. The Hall–Kier alpha value is -1.37. The number of hydrogen-bond donors (Lipinski definition) is 0. The Morgan fingerprint density at radius 3 is 2.46 bits per heavy atom. The van der Waals surface area contributed by atoms with Gasteiger partial charge in [0.05, 0.1) is 0 Å². The average Bonchev–Trinajstić information content (AvgIpc) is 2.99. The lowest BCUT2D eigenvalue weighted by Crippen LogP contribution is -1.86. The highest BCUT2D eigenvalue weighted by Crippen LogP contribution is 2.36. The van der Waals surface area contributed by atoms with Gasteiger partial charge in [-0.25, -0.2) is 0 Å². The fraction of sp³-hybridized carbons (Fsp3) is 0.250. The summed E-state index contributed by atoms with van der Waals surface area (Å²) in [5, 5.41) is 0. The van der Waals surface area contributed by atoms with Crippen molar-refractivity contribution < 1.29 is 4.79 Å². The minimum Gasteiger partial charge on any atom is -0.298 e. The second-order valence-electron chi connectivity index (χ2n) is 3.45. The number of rotatable bonds is 3. The second kappa shape index (κ2) is 3.56. The van der Waals surface area contributed by atoms with E-state index in [1.54, 1.807) is 0 Å². The van der Waals surface area contributed by atoms with E-state index in [0.717, 1.165) is 17.4 Å². The van der Waals surface area contributed by atoms with Crippen molar-refractivity contribution in [2.24, 2.45) is 5.92 Å². The molecule has 1 heteroatoms. The first-order valence-corrected chi connectivity index (χ1v) is 4.62. The van der Waals surface area contributed by atoms with Crippen LogP contribution < -0.4 is 0 Å². The zero-order chi connectivity index (χ0) is 9.10. The lowest BCUT2D eigenvalue weighted by atomic mass is 10.1. The normalized spacial score (nSPS) is 17.1. The van der Waals surface area contributed by atoms with Gasteiger partial charge in [0.25, 0.3) is 0 Å². The molecule has 1 aromatic rings. The fourth-order valence-corrected chi connectivity index (χ4v) is 1.41. The highest BCUT2D eigenvalue weighted by Gasteiger charge is 2.25. The summed E-state index contributed by atoms with van der Waals surface area (Å²) in [7, 11) is 0. The minimum absolute atomic E-state index is 0.540. The third-order valence-electron chi connectivity index (χ3n) is 2.32. The number of allylic oxidation sites excluding steroid dienone is 1. The summed E-state index contributed by atoms with van der Waals surface area (Å²) in [6, 6.07) is 10.00. The Labute approximate surface area is 78.1 Å². The molecule has 13 heavy (non-hydrogen) atoms. The van der Waals surface area contributed by atoms with E-state index in [4.69, 9.17) is 0 Å². The molecule has 1 aromatic carbocycles. The molecule has 0 aliphatic heterocycles. The molecule has 1 nitrogen and oxygen atoms in total. The standard InChI is InChI=1S/C12H12O/c13-9-12(11-6-7-11)8-10-4-2-1-3-5-10/h1-5,8-9,11H,6-7H2/b12-8+. The maximum absolute atomic E-state index is 10.7. The van der Waals surface area contributed by atoms with Crippen molar-refractivity contribution in [3.63, 3.8) is 0 Å². The molecule has 0 unspecified atom stereocenters. The second-order valence-corrected chi connectivity index (χ2v) is 3.45. The molecule has 0 aromatic heterocycles. The van der Waals surface area contributed by atoms with Crippen molar-refractivity contribution >= 4 is 12.4 Å². The van der Waals surface area contributed by atoms with Gasteiger partial charge < -0.3 is 0 Å². The molecule has 2 rings (SSSR count). The van der Waals surface area contributed by atoms with Crippen LogP contribution in [0.15, 0.2) is 35.9 Å². The van der Waals surface area contributed by atoms with E-state index in [0.29, 0.717) is 5.92 Å². The smallest absolute Gasteiger partial charge is 0.146 e. The van der Waals surface area contributed by atoms with Crippen LogP contribution in [0.5, 0.6) is 0 Å². The summed E-state index contributed by atoms with van der Waals surface area (Å²) in [6.07, 6.45) is 5.34. The van der Waals surface area contributed by atoms with Gasteiger partial charge in [-0.1, -0.05) is 30.3 Å². The predicted octanol–water partition coefficient (Wildman–Crippen LogP) is 2.68. The van der Waals surface area contributed by atoms with Gasteiger partial charge >= 0.3 is 0 Å². The van der Waals surface area contributed by atoms with E-state index >= 15 is 0 Å². The molecule has 0 N–H and O–H groups in total. The molecule has 0 atom stereocenters. The topological polar surface area (TPSA) is 17.1 Å². The van der Waals surface area contributed by atoms with Crippen LogP contribution in [-0.4, -0.2) is 6.29 Å². The summed E-state index contributed by atoms with van der Waals surface area (Å²) in [4.78, 5) is 10.7. The molecule has 0 bridgehead atoms. The van der Waals surface area contributed by atoms with Crippen molar-refractivity contribution in [2.75, 3.05) is 0 Å². The molecule has 1 saturated carbocycles. The lowest BCUT2D eigenvalue weighted by molar-refractivity contribution is -0.105. The van der Waals surface area contributed by atoms with E-state index < -0.39 is 0 Å². The Bertz CT molecular complexity index is 320. The molecule has 0 saturated heterocycles. The maximum Gasteiger partial charge on any atom is 0.146 e. The molecule has 1 aliphatic carbocycles. The average molecular weight is 172 g/mol. The zero-order valence-electron chi connectivity index (χ0n) is 7.44. The van der Waals surface area contributed by atoms with Crippen LogP contribution in [-0.2, 0) is 4.79 Å². The molecule has 0 heterocycles. The van der Waals surface area contributed by atoms with Crippen molar-refractivity contribution in [1.82, 2.24) is 0 Å². The van der Waals surface area contributed by atoms with E-state index in [9.17, 15) is 4.79 Å². The SMILES string of the molecule is O=C/C(=C\c1ccccc1)C1CC1. The molecule has 66 valence electrons. The van der Waals surface area contributed by atoms with Crippen LogP contribution in [0.2, 0.25) is 0 Å². The van der Waals surface area contributed by atoms with Crippen LogP contribution in [0, 0.1) is 5.92 Å². The van der Waals surface area contributed by atoms with E-state index in [1.165, 1.54) is 12.8 Å². The predicted molar refractivity (Wildman–Crippen MR) is 53.2 cm³/mol. The van der Waals surface area contributed by atoms with Crippen LogP contribution in [0.1, 0.15) is 18.4 Å². The Morgan fingerprint density at radius 2 is 1.92 bits per heavy atom. The number of benzene rings is 1. The summed E-state index contributed by atoms with van der Waals surface area (Å²) in [5.74, 6) is 0.540. The first-order valence-electron chi connectivity index (χ1n) is 4.62. The van der Waals surface area contributed by atoms with Crippen LogP contribution >= 0.6 is 0 Å². The van der Waals surface area contributed by atoms with Gasteiger partial charge in [0.1, 0.15) is 6.29 Å². The first-order chi connectivity index (χ1) is 6.40. The van der Waals surface area contributed by atoms with E-state index in [1.807, 2.05) is 36.4 Å². The Balaban J connectivity index is 2.21. The minimum atomic E-state index is 0.540. The largest absolute Gasteiger partial charge is 0.298 e. The summed E-state index contributed by atoms with van der Waals surface area (Å²) >= 11 is 0. The molecule has 0 radical (unpaired) electrons. The van der Waals surface area contributed by atoms with Crippen molar-refractivity contribution in [2.45, 2.75) is 12.8 Å². The van der Waals surface area contributed by atoms with Gasteiger partial charge in [0.15, 0.2) is 0 Å². The van der Waals surface area contributed by atoms with Crippen molar-refractivity contribution in [3.05, 3.63) is 41.5 Å². The van der Waals surface area contributed by atoms with Crippen LogP contribution in [0.3, 0.4) is 0 Å². The third kappa shape index (κ3) is 2.05. The highest BCUT2D eigenvalue weighted by molar-refractivity contribution is 5.83. The molecule has 1 fully saturated rings. The molecular formula is C12H12O. The number of carbonyl (C=O) groups excluding carboxylic acids is 1. The van der Waals surface area contributed by atoms with Crippen LogP contribution in [0.4, 0.5) is 0 Å². The van der Waals surface area contributed by atoms with Crippen molar-refractivity contribution in [3.8, 4) is 0 Å². The van der Waals surface area contributed by atoms with E-state index in [2.05, 4.69) is 0 Å². The Morgan fingerprint density at radius 1 is 1.23 bits per heavy atom. The Kier molecular flexibility index (Phi) is 2.26. The third-order valence-corrected chi connectivity index (χ3v) is 2.32. The van der Waals surface area contributed by atoms with Gasteiger partial charge in [-0.3, -0.25) is 4.79 Å². The molecule has 0 spiro atoms. The van der Waals surface area contributed by atoms with Crippen molar-refractivity contribution in [1.29, 1.82) is 0 Å². The van der Waals surface area contributed by atoms with Crippen LogP contribution in [0.25, 0.3) is 6.08 Å². The number of hydrogen-bond acceptors (Lipinski definition) is 1. The fourth-order valence-electron chi connectivity index (χ4n) is 1.41.